The number of ether oxygens (including phenoxy) is 3. The first-order chi connectivity index (χ1) is 14.2. The van der Waals surface area contributed by atoms with E-state index in [0.717, 1.165) is 41.5 Å². The van der Waals surface area contributed by atoms with Crippen LogP contribution in [0.5, 0.6) is 17.2 Å². The lowest BCUT2D eigenvalue weighted by atomic mass is 9.95. The molecule has 3 aromatic rings. The molecule has 0 saturated carbocycles. The molecule has 4 nitrogen and oxygen atoms in total. The van der Waals surface area contributed by atoms with Crippen molar-refractivity contribution in [3.05, 3.63) is 77.4 Å². The van der Waals surface area contributed by atoms with Gasteiger partial charge in [0, 0.05) is 5.56 Å². The number of aryl methyl sites for hydroxylation is 2. The summed E-state index contributed by atoms with van der Waals surface area (Å²) >= 11 is 0. The Kier molecular flexibility index (Phi) is 7.14. The van der Waals surface area contributed by atoms with Crippen molar-refractivity contribution in [2.75, 3.05) is 21.3 Å². The maximum absolute atomic E-state index is 9.52. The largest absolute Gasteiger partial charge is 0.492 e. The van der Waals surface area contributed by atoms with E-state index < -0.39 is 0 Å². The maximum Gasteiger partial charge on any atom is 0.204 e. The molecule has 0 aliphatic carbocycles. The Hall–Kier alpha value is -2.98. The summed E-state index contributed by atoms with van der Waals surface area (Å²) in [6, 6.07) is 20.4. The highest BCUT2D eigenvalue weighted by atomic mass is 16.5. The molecule has 0 fully saturated rings. The predicted molar refractivity (Wildman–Crippen MR) is 116 cm³/mol. The van der Waals surface area contributed by atoms with E-state index in [4.69, 9.17) is 14.2 Å². The minimum Gasteiger partial charge on any atom is -0.492 e. The summed E-state index contributed by atoms with van der Waals surface area (Å²) in [5.41, 5.74) is 5.15. The average molecular weight is 392 g/mol. The number of hydrogen-bond donors (Lipinski definition) is 1. The van der Waals surface area contributed by atoms with Gasteiger partial charge in [0.15, 0.2) is 11.5 Å². The lowest BCUT2D eigenvalue weighted by molar-refractivity contribution is 0.282. The molecule has 3 aromatic carbocycles. The van der Waals surface area contributed by atoms with Gasteiger partial charge in [0.25, 0.3) is 0 Å². The predicted octanol–water partition coefficient (Wildman–Crippen LogP) is 5.05. The van der Waals surface area contributed by atoms with E-state index in [-0.39, 0.29) is 6.61 Å². The fourth-order valence-electron chi connectivity index (χ4n) is 3.65. The van der Waals surface area contributed by atoms with Crippen LogP contribution in [0.15, 0.2) is 60.7 Å². The van der Waals surface area contributed by atoms with Gasteiger partial charge in [-0.3, -0.25) is 0 Å². The van der Waals surface area contributed by atoms with E-state index >= 15 is 0 Å². The number of aliphatic hydroxyl groups excluding tert-OH is 1. The molecule has 3 rings (SSSR count). The molecule has 0 aromatic heterocycles. The van der Waals surface area contributed by atoms with Gasteiger partial charge in [-0.25, -0.2) is 0 Å². The first kappa shape index (κ1) is 20.7. The zero-order valence-electron chi connectivity index (χ0n) is 17.3. The van der Waals surface area contributed by atoms with Gasteiger partial charge in [0.05, 0.1) is 27.9 Å². The Labute approximate surface area is 172 Å². The minimum atomic E-state index is -0.00657. The molecule has 29 heavy (non-hydrogen) atoms. The quantitative estimate of drug-likeness (QED) is 0.554. The van der Waals surface area contributed by atoms with Gasteiger partial charge in [-0.1, -0.05) is 48.5 Å². The molecule has 0 unspecified atom stereocenters. The van der Waals surface area contributed by atoms with Gasteiger partial charge >= 0.3 is 0 Å². The normalized spacial score (nSPS) is 10.6. The Morgan fingerprint density at radius 1 is 0.690 bits per heavy atom. The standard InChI is InChI=1S/C25H28O4/c1-27-23-21(14-7-11-18-9-5-4-6-10-18)16-22(24(28-2)25(23)29-3)20-13-8-12-19(15-20)17-26/h4-6,8-10,12-13,15-16,26H,7,11,14,17H2,1-3H3. The van der Waals surface area contributed by atoms with E-state index in [9.17, 15) is 5.11 Å². The van der Waals surface area contributed by atoms with Crippen LogP contribution in [0, 0.1) is 0 Å². The monoisotopic (exact) mass is 392 g/mol. The van der Waals surface area contributed by atoms with Crippen molar-refractivity contribution in [1.29, 1.82) is 0 Å². The molecule has 0 saturated heterocycles. The summed E-state index contributed by atoms with van der Waals surface area (Å²) in [6.45, 7) is -0.00657. The van der Waals surface area contributed by atoms with Crippen LogP contribution in [-0.2, 0) is 19.4 Å². The Morgan fingerprint density at radius 3 is 2.03 bits per heavy atom. The number of aliphatic hydroxyl groups is 1. The Balaban J connectivity index is 2.00. The summed E-state index contributed by atoms with van der Waals surface area (Å²) in [4.78, 5) is 0. The third-order valence-electron chi connectivity index (χ3n) is 5.05. The number of rotatable bonds is 9. The molecule has 1 N–H and O–H groups in total. The molecule has 0 amide bonds. The third kappa shape index (κ3) is 4.72. The summed E-state index contributed by atoms with van der Waals surface area (Å²) in [5, 5.41) is 9.52. The first-order valence-electron chi connectivity index (χ1n) is 9.77. The van der Waals surface area contributed by atoms with E-state index in [2.05, 4.69) is 30.3 Å². The molecular formula is C25H28O4. The van der Waals surface area contributed by atoms with Gasteiger partial charge in [-0.15, -0.1) is 0 Å². The molecule has 0 heterocycles. The molecular weight excluding hydrogens is 364 g/mol. The lowest BCUT2D eigenvalue weighted by Gasteiger charge is -2.20. The van der Waals surface area contributed by atoms with E-state index in [1.54, 1.807) is 21.3 Å². The van der Waals surface area contributed by atoms with Gasteiger partial charge in [0.1, 0.15) is 0 Å². The molecule has 0 radical (unpaired) electrons. The van der Waals surface area contributed by atoms with Gasteiger partial charge in [-0.05, 0) is 53.6 Å². The van der Waals surface area contributed by atoms with Crippen LogP contribution in [-0.4, -0.2) is 26.4 Å². The number of hydrogen-bond acceptors (Lipinski definition) is 4. The maximum atomic E-state index is 9.52. The van der Waals surface area contributed by atoms with Crippen LogP contribution in [0.25, 0.3) is 11.1 Å². The molecule has 0 aliphatic rings. The molecule has 0 bridgehead atoms. The van der Waals surface area contributed by atoms with Crippen LogP contribution in [0.3, 0.4) is 0 Å². The first-order valence-corrected chi connectivity index (χ1v) is 9.77. The zero-order valence-corrected chi connectivity index (χ0v) is 17.3. The van der Waals surface area contributed by atoms with E-state index in [0.29, 0.717) is 17.2 Å². The van der Waals surface area contributed by atoms with Crippen LogP contribution < -0.4 is 14.2 Å². The van der Waals surface area contributed by atoms with Crippen molar-refractivity contribution in [2.45, 2.75) is 25.9 Å². The van der Waals surface area contributed by atoms with Gasteiger partial charge in [0.2, 0.25) is 5.75 Å². The summed E-state index contributed by atoms with van der Waals surface area (Å²) < 4.78 is 17.1. The van der Waals surface area contributed by atoms with Crippen molar-refractivity contribution in [3.63, 3.8) is 0 Å². The molecule has 152 valence electrons. The average Bonchev–Trinajstić information content (AvgIpc) is 2.78. The van der Waals surface area contributed by atoms with Crippen LogP contribution in [0.4, 0.5) is 0 Å². The second-order valence-electron chi connectivity index (χ2n) is 6.88. The number of benzene rings is 3. The molecule has 0 aliphatic heterocycles. The van der Waals surface area contributed by atoms with Crippen molar-refractivity contribution < 1.29 is 19.3 Å². The third-order valence-corrected chi connectivity index (χ3v) is 5.05. The Morgan fingerprint density at radius 2 is 1.38 bits per heavy atom. The molecule has 0 spiro atoms. The van der Waals surface area contributed by atoms with E-state index in [1.807, 2.05) is 30.3 Å². The van der Waals surface area contributed by atoms with Crippen LogP contribution in [0.2, 0.25) is 0 Å². The number of methoxy groups -OCH3 is 3. The van der Waals surface area contributed by atoms with Crippen molar-refractivity contribution in [2.24, 2.45) is 0 Å². The minimum absolute atomic E-state index is 0.00657. The molecule has 4 heteroatoms. The highest BCUT2D eigenvalue weighted by Crippen LogP contribution is 2.47. The smallest absolute Gasteiger partial charge is 0.204 e. The second-order valence-corrected chi connectivity index (χ2v) is 6.88. The summed E-state index contributed by atoms with van der Waals surface area (Å²) in [6.07, 6.45) is 2.84. The molecule has 0 atom stereocenters. The van der Waals surface area contributed by atoms with E-state index in [1.165, 1.54) is 5.56 Å². The fourth-order valence-corrected chi connectivity index (χ4v) is 3.65. The highest BCUT2D eigenvalue weighted by molar-refractivity contribution is 5.78. The highest BCUT2D eigenvalue weighted by Gasteiger charge is 2.21. The Bertz CT molecular complexity index is 935. The SMILES string of the molecule is COc1c(CCCc2ccccc2)cc(-c2cccc(CO)c2)c(OC)c1OC. The summed E-state index contributed by atoms with van der Waals surface area (Å²) in [5.74, 6) is 1.93. The lowest BCUT2D eigenvalue weighted by Crippen LogP contribution is -2.02. The summed E-state index contributed by atoms with van der Waals surface area (Å²) in [7, 11) is 4.91. The topological polar surface area (TPSA) is 47.9 Å². The zero-order chi connectivity index (χ0) is 20.6. The van der Waals surface area contributed by atoms with Crippen molar-refractivity contribution >= 4 is 0 Å². The van der Waals surface area contributed by atoms with Crippen molar-refractivity contribution in [1.82, 2.24) is 0 Å². The van der Waals surface area contributed by atoms with Crippen LogP contribution >= 0.6 is 0 Å². The van der Waals surface area contributed by atoms with Gasteiger partial charge < -0.3 is 19.3 Å². The van der Waals surface area contributed by atoms with Gasteiger partial charge in [-0.2, -0.15) is 0 Å². The second kappa shape index (κ2) is 9.99. The van der Waals surface area contributed by atoms with Crippen molar-refractivity contribution in [3.8, 4) is 28.4 Å². The fraction of sp³-hybridized carbons (Fsp3) is 0.280. The van der Waals surface area contributed by atoms with Crippen LogP contribution in [0.1, 0.15) is 23.1 Å².